The highest BCUT2D eigenvalue weighted by molar-refractivity contribution is 5.23. The van der Waals surface area contributed by atoms with E-state index >= 15 is 0 Å². The molecular formula is C16H20F2N4O. The van der Waals surface area contributed by atoms with Gasteiger partial charge in [-0.2, -0.15) is 0 Å². The molecule has 1 heterocycles. The van der Waals surface area contributed by atoms with Crippen molar-refractivity contribution in [3.05, 3.63) is 41.7 Å². The highest BCUT2D eigenvalue weighted by Crippen LogP contribution is 2.27. The Kier molecular flexibility index (Phi) is 4.85. The quantitative estimate of drug-likeness (QED) is 0.920. The average molecular weight is 322 g/mol. The van der Waals surface area contributed by atoms with Crippen molar-refractivity contribution in [3.63, 3.8) is 0 Å². The fourth-order valence-corrected chi connectivity index (χ4v) is 2.96. The van der Waals surface area contributed by atoms with E-state index in [-0.39, 0.29) is 12.4 Å². The molecule has 2 aromatic rings. The van der Waals surface area contributed by atoms with Gasteiger partial charge in [-0.3, -0.25) is 0 Å². The van der Waals surface area contributed by atoms with Crippen molar-refractivity contribution in [2.75, 3.05) is 7.05 Å². The van der Waals surface area contributed by atoms with E-state index in [2.05, 4.69) is 15.6 Å². The summed E-state index contributed by atoms with van der Waals surface area (Å²) in [5.41, 5.74) is 0.644. The highest BCUT2D eigenvalue weighted by Gasteiger charge is 2.22. The van der Waals surface area contributed by atoms with Gasteiger partial charge in [0.1, 0.15) is 29.7 Å². The Hall–Kier alpha value is -2.02. The Labute approximate surface area is 133 Å². The lowest BCUT2D eigenvalue weighted by Gasteiger charge is -2.27. The van der Waals surface area contributed by atoms with Crippen molar-refractivity contribution in [2.45, 2.75) is 44.4 Å². The number of halogens is 2. The Morgan fingerprint density at radius 3 is 2.52 bits per heavy atom. The van der Waals surface area contributed by atoms with Gasteiger partial charge >= 0.3 is 0 Å². The summed E-state index contributed by atoms with van der Waals surface area (Å²) in [6.45, 7) is 0.134. The first-order valence-electron chi connectivity index (χ1n) is 7.81. The van der Waals surface area contributed by atoms with Gasteiger partial charge in [0.2, 0.25) is 0 Å². The van der Waals surface area contributed by atoms with E-state index < -0.39 is 11.6 Å². The van der Waals surface area contributed by atoms with E-state index in [4.69, 9.17) is 4.74 Å². The van der Waals surface area contributed by atoms with Crippen LogP contribution in [0.25, 0.3) is 0 Å². The predicted octanol–water partition coefficient (Wildman–Crippen LogP) is 2.84. The molecule has 0 unspecified atom stereocenters. The van der Waals surface area contributed by atoms with Crippen LogP contribution in [-0.2, 0) is 6.61 Å². The van der Waals surface area contributed by atoms with Crippen LogP contribution in [0.4, 0.5) is 8.78 Å². The van der Waals surface area contributed by atoms with Gasteiger partial charge < -0.3 is 10.1 Å². The third-order valence-electron chi connectivity index (χ3n) is 4.26. The van der Waals surface area contributed by atoms with Crippen molar-refractivity contribution in [3.8, 4) is 5.75 Å². The normalized spacial score (nSPS) is 21.3. The van der Waals surface area contributed by atoms with Crippen LogP contribution in [0.2, 0.25) is 0 Å². The molecule has 1 aliphatic carbocycles. The molecule has 0 bridgehead atoms. The molecule has 0 aliphatic heterocycles. The predicted molar refractivity (Wildman–Crippen MR) is 81.1 cm³/mol. The third kappa shape index (κ3) is 4.04. The van der Waals surface area contributed by atoms with E-state index in [1.165, 1.54) is 0 Å². The minimum atomic E-state index is -0.662. The van der Waals surface area contributed by atoms with Gasteiger partial charge in [0.05, 0.1) is 12.2 Å². The van der Waals surface area contributed by atoms with Crippen LogP contribution in [0.15, 0.2) is 24.4 Å². The Balaban J connectivity index is 1.57. The fourth-order valence-electron chi connectivity index (χ4n) is 2.96. The lowest BCUT2D eigenvalue weighted by atomic mass is 9.91. The second-order valence-corrected chi connectivity index (χ2v) is 5.88. The molecule has 0 atom stereocenters. The first-order valence-corrected chi connectivity index (χ1v) is 7.81. The molecule has 1 aromatic carbocycles. The summed E-state index contributed by atoms with van der Waals surface area (Å²) in [5.74, 6) is -1.18. The van der Waals surface area contributed by atoms with Gasteiger partial charge in [-0.25, -0.2) is 13.5 Å². The van der Waals surface area contributed by atoms with Crippen LogP contribution >= 0.6 is 0 Å². The molecule has 5 nitrogen and oxygen atoms in total. The molecule has 1 aromatic heterocycles. The Morgan fingerprint density at radius 2 is 1.87 bits per heavy atom. The van der Waals surface area contributed by atoms with Gasteiger partial charge in [-0.15, -0.1) is 5.10 Å². The molecule has 1 saturated carbocycles. The highest BCUT2D eigenvalue weighted by atomic mass is 19.1. The van der Waals surface area contributed by atoms with Crippen molar-refractivity contribution in [1.29, 1.82) is 0 Å². The number of nitrogens with one attached hydrogen (secondary N) is 1. The molecule has 23 heavy (non-hydrogen) atoms. The Bertz CT molecular complexity index is 633. The van der Waals surface area contributed by atoms with Crippen LogP contribution in [0.1, 0.15) is 37.4 Å². The summed E-state index contributed by atoms with van der Waals surface area (Å²) < 4.78 is 33.5. The maximum absolute atomic E-state index is 13.1. The zero-order valence-electron chi connectivity index (χ0n) is 13.0. The van der Waals surface area contributed by atoms with E-state index in [0.29, 0.717) is 17.8 Å². The fraction of sp³-hybridized carbons (Fsp3) is 0.500. The summed E-state index contributed by atoms with van der Waals surface area (Å²) in [5, 5.41) is 11.5. The third-order valence-corrected chi connectivity index (χ3v) is 4.26. The summed E-state index contributed by atoms with van der Waals surface area (Å²) in [6, 6.07) is 4.04. The van der Waals surface area contributed by atoms with Crippen molar-refractivity contribution in [1.82, 2.24) is 20.3 Å². The lowest BCUT2D eigenvalue weighted by Crippen LogP contribution is -2.31. The summed E-state index contributed by atoms with van der Waals surface area (Å²) in [6.07, 6.45) is 6.21. The van der Waals surface area contributed by atoms with Crippen molar-refractivity contribution < 1.29 is 13.5 Å². The van der Waals surface area contributed by atoms with Crippen molar-refractivity contribution >= 4 is 0 Å². The summed E-state index contributed by atoms with van der Waals surface area (Å²) in [4.78, 5) is 0. The van der Waals surface area contributed by atoms with Crippen LogP contribution in [0.3, 0.4) is 0 Å². The standard InChI is InChI=1S/C16H20F2N4O/c1-19-13-2-4-15(5-3-13)22-9-14(20-21-22)10-23-16-7-11(17)6-12(18)8-16/h6-9,13,15,19H,2-5,10H2,1H3. The van der Waals surface area contributed by atoms with Crippen molar-refractivity contribution in [2.24, 2.45) is 0 Å². The number of hydrogen-bond acceptors (Lipinski definition) is 4. The number of ether oxygens (including phenoxy) is 1. The maximum atomic E-state index is 13.1. The van der Waals surface area contributed by atoms with Gasteiger partial charge in [0.15, 0.2) is 0 Å². The average Bonchev–Trinajstić information content (AvgIpc) is 3.01. The zero-order chi connectivity index (χ0) is 16.2. The van der Waals surface area contributed by atoms with Crippen LogP contribution in [0.5, 0.6) is 5.75 Å². The molecule has 1 fully saturated rings. The minimum Gasteiger partial charge on any atom is -0.487 e. The summed E-state index contributed by atoms with van der Waals surface area (Å²) >= 11 is 0. The number of nitrogens with zero attached hydrogens (tertiary/aromatic N) is 3. The smallest absolute Gasteiger partial charge is 0.134 e. The van der Waals surface area contributed by atoms with Gasteiger partial charge in [0.25, 0.3) is 0 Å². The molecule has 0 spiro atoms. The van der Waals surface area contributed by atoms with E-state index in [1.807, 2.05) is 17.9 Å². The molecule has 0 saturated heterocycles. The first kappa shape index (κ1) is 15.9. The topological polar surface area (TPSA) is 52.0 Å². The van der Waals surface area contributed by atoms with Gasteiger partial charge in [0, 0.05) is 24.2 Å². The molecule has 0 amide bonds. The second kappa shape index (κ2) is 7.04. The molecule has 7 heteroatoms. The van der Waals surface area contributed by atoms with E-state index in [0.717, 1.165) is 43.9 Å². The summed E-state index contributed by atoms with van der Waals surface area (Å²) in [7, 11) is 1.99. The molecular weight excluding hydrogens is 302 g/mol. The second-order valence-electron chi connectivity index (χ2n) is 5.88. The van der Waals surface area contributed by atoms with Gasteiger partial charge in [-0.05, 0) is 32.7 Å². The van der Waals surface area contributed by atoms with Crippen LogP contribution in [0, 0.1) is 11.6 Å². The zero-order valence-corrected chi connectivity index (χ0v) is 13.0. The number of aromatic nitrogens is 3. The lowest BCUT2D eigenvalue weighted by molar-refractivity contribution is 0.281. The van der Waals surface area contributed by atoms with Crippen LogP contribution < -0.4 is 10.1 Å². The first-order chi connectivity index (χ1) is 11.1. The molecule has 1 aliphatic rings. The SMILES string of the molecule is CNC1CCC(n2cc(COc3cc(F)cc(F)c3)nn2)CC1. The van der Waals surface area contributed by atoms with E-state index in [1.54, 1.807) is 0 Å². The van der Waals surface area contributed by atoms with E-state index in [9.17, 15) is 8.78 Å². The molecule has 124 valence electrons. The molecule has 3 rings (SSSR count). The minimum absolute atomic E-state index is 0.134. The maximum Gasteiger partial charge on any atom is 0.134 e. The monoisotopic (exact) mass is 322 g/mol. The largest absolute Gasteiger partial charge is 0.487 e. The molecule has 1 N–H and O–H groups in total. The Morgan fingerprint density at radius 1 is 1.17 bits per heavy atom. The number of rotatable bonds is 5. The van der Waals surface area contributed by atoms with Gasteiger partial charge in [-0.1, -0.05) is 5.21 Å². The number of hydrogen-bond donors (Lipinski definition) is 1. The molecule has 0 radical (unpaired) electrons. The number of benzene rings is 1. The van der Waals surface area contributed by atoms with Crippen LogP contribution in [-0.4, -0.2) is 28.1 Å².